The van der Waals surface area contributed by atoms with E-state index in [1.54, 1.807) is 0 Å². The molecule has 5 nitrogen and oxygen atoms in total. The second-order valence-corrected chi connectivity index (χ2v) is 5.36. The van der Waals surface area contributed by atoms with Crippen molar-refractivity contribution in [2.24, 2.45) is 0 Å². The minimum absolute atomic E-state index is 0.200. The minimum atomic E-state index is 0.200. The lowest BCUT2D eigenvalue weighted by Crippen LogP contribution is -2.51. The molecule has 5 heteroatoms. The molecule has 0 aliphatic carbocycles. The Labute approximate surface area is 104 Å². The van der Waals surface area contributed by atoms with Gasteiger partial charge in [-0.05, 0) is 27.1 Å². The summed E-state index contributed by atoms with van der Waals surface area (Å²) in [7, 11) is 4.20. The fourth-order valence-corrected chi connectivity index (χ4v) is 2.64. The van der Waals surface area contributed by atoms with Crippen molar-refractivity contribution < 1.29 is 4.79 Å². The van der Waals surface area contributed by atoms with Crippen LogP contribution >= 0.6 is 0 Å². The topological polar surface area (TPSA) is 47.6 Å². The number of carbonyl (C=O) groups is 1. The highest BCUT2D eigenvalue weighted by atomic mass is 16.1. The van der Waals surface area contributed by atoms with Crippen molar-refractivity contribution in [1.29, 1.82) is 0 Å². The van der Waals surface area contributed by atoms with Gasteiger partial charge in [0.05, 0.1) is 0 Å². The zero-order valence-corrected chi connectivity index (χ0v) is 10.9. The minimum Gasteiger partial charge on any atom is -0.352 e. The molecule has 2 heterocycles. The molecule has 2 N–H and O–H groups in total. The number of nitrogens with zero attached hydrogens (tertiary/aromatic N) is 2. The van der Waals surface area contributed by atoms with Crippen LogP contribution in [0.3, 0.4) is 0 Å². The van der Waals surface area contributed by atoms with Gasteiger partial charge >= 0.3 is 0 Å². The van der Waals surface area contributed by atoms with Crippen LogP contribution < -0.4 is 10.6 Å². The van der Waals surface area contributed by atoms with Crippen LogP contribution in [0.5, 0.6) is 0 Å². The smallest absolute Gasteiger partial charge is 0.221 e. The van der Waals surface area contributed by atoms with E-state index < -0.39 is 0 Å². The molecular formula is C12H24N4O. The number of rotatable bonds is 3. The van der Waals surface area contributed by atoms with Crippen molar-refractivity contribution in [2.45, 2.75) is 24.9 Å². The predicted octanol–water partition coefficient (Wildman–Crippen LogP) is -0.900. The Morgan fingerprint density at radius 3 is 2.88 bits per heavy atom. The molecule has 0 aromatic carbocycles. The second-order valence-electron chi connectivity index (χ2n) is 5.36. The van der Waals surface area contributed by atoms with Gasteiger partial charge in [-0.3, -0.25) is 4.79 Å². The number of amides is 1. The number of likely N-dealkylation sites (tertiary alicyclic amines) is 1. The SMILES string of the molecule is CN1CCC(NC(=O)CC2CNCCN2C)C1. The van der Waals surface area contributed by atoms with E-state index in [0.717, 1.165) is 39.1 Å². The van der Waals surface area contributed by atoms with E-state index >= 15 is 0 Å². The van der Waals surface area contributed by atoms with Crippen LogP contribution in [0.1, 0.15) is 12.8 Å². The van der Waals surface area contributed by atoms with Gasteiger partial charge in [0.2, 0.25) is 5.91 Å². The van der Waals surface area contributed by atoms with Crippen LogP contribution in [-0.2, 0) is 4.79 Å². The van der Waals surface area contributed by atoms with E-state index in [1.807, 2.05) is 0 Å². The monoisotopic (exact) mass is 240 g/mol. The predicted molar refractivity (Wildman–Crippen MR) is 67.9 cm³/mol. The maximum atomic E-state index is 11.9. The third kappa shape index (κ3) is 3.66. The summed E-state index contributed by atoms with van der Waals surface area (Å²) in [4.78, 5) is 16.5. The summed E-state index contributed by atoms with van der Waals surface area (Å²) in [6.45, 7) is 5.07. The van der Waals surface area contributed by atoms with Crippen LogP contribution in [0, 0.1) is 0 Å². The number of piperazine rings is 1. The first-order chi connectivity index (χ1) is 8.15. The van der Waals surface area contributed by atoms with E-state index in [-0.39, 0.29) is 5.91 Å². The Morgan fingerprint density at radius 1 is 1.41 bits per heavy atom. The molecule has 98 valence electrons. The molecule has 0 aromatic heterocycles. The molecule has 1 amide bonds. The van der Waals surface area contributed by atoms with Crippen molar-refractivity contribution in [3.63, 3.8) is 0 Å². The van der Waals surface area contributed by atoms with E-state index in [0.29, 0.717) is 18.5 Å². The van der Waals surface area contributed by atoms with Crippen LogP contribution in [0.2, 0.25) is 0 Å². The Hall–Kier alpha value is -0.650. The first-order valence-corrected chi connectivity index (χ1v) is 6.54. The number of carbonyl (C=O) groups excluding carboxylic acids is 1. The third-order valence-corrected chi connectivity index (χ3v) is 3.82. The lowest BCUT2D eigenvalue weighted by Gasteiger charge is -2.32. The number of likely N-dealkylation sites (N-methyl/N-ethyl adjacent to an activating group) is 2. The highest BCUT2D eigenvalue weighted by Crippen LogP contribution is 2.08. The van der Waals surface area contributed by atoms with Crippen LogP contribution in [0.4, 0.5) is 0 Å². The highest BCUT2D eigenvalue weighted by Gasteiger charge is 2.25. The van der Waals surface area contributed by atoms with Gasteiger partial charge in [-0.2, -0.15) is 0 Å². The molecular weight excluding hydrogens is 216 g/mol. The van der Waals surface area contributed by atoms with Gasteiger partial charge in [0, 0.05) is 44.7 Å². The molecule has 0 radical (unpaired) electrons. The largest absolute Gasteiger partial charge is 0.352 e. The van der Waals surface area contributed by atoms with Crippen LogP contribution in [-0.4, -0.2) is 74.6 Å². The fraction of sp³-hybridized carbons (Fsp3) is 0.917. The molecule has 2 rings (SSSR count). The summed E-state index contributed by atoms with van der Waals surface area (Å²) in [5, 5.41) is 6.48. The van der Waals surface area contributed by atoms with Gasteiger partial charge in [-0.15, -0.1) is 0 Å². The van der Waals surface area contributed by atoms with Crippen LogP contribution in [0.15, 0.2) is 0 Å². The number of hydrogen-bond acceptors (Lipinski definition) is 4. The molecule has 2 unspecified atom stereocenters. The van der Waals surface area contributed by atoms with Gasteiger partial charge in [0.15, 0.2) is 0 Å². The van der Waals surface area contributed by atoms with Crippen molar-refractivity contribution in [1.82, 2.24) is 20.4 Å². The van der Waals surface area contributed by atoms with Gasteiger partial charge < -0.3 is 20.4 Å². The van der Waals surface area contributed by atoms with E-state index in [1.165, 1.54) is 0 Å². The molecule has 0 bridgehead atoms. The first kappa shape index (κ1) is 12.8. The van der Waals surface area contributed by atoms with E-state index in [9.17, 15) is 4.79 Å². The summed E-state index contributed by atoms with van der Waals surface area (Å²) in [6, 6.07) is 0.706. The third-order valence-electron chi connectivity index (χ3n) is 3.82. The van der Waals surface area contributed by atoms with Crippen LogP contribution in [0.25, 0.3) is 0 Å². The molecule has 0 spiro atoms. The molecule has 2 aliphatic rings. The maximum absolute atomic E-state index is 11.9. The molecule has 2 fully saturated rings. The Bertz CT molecular complexity index is 271. The van der Waals surface area contributed by atoms with Crippen molar-refractivity contribution >= 4 is 5.91 Å². The van der Waals surface area contributed by atoms with E-state index in [2.05, 4.69) is 34.5 Å². The summed E-state index contributed by atoms with van der Waals surface area (Å²) in [5.74, 6) is 0.200. The van der Waals surface area contributed by atoms with Crippen molar-refractivity contribution in [3.8, 4) is 0 Å². The van der Waals surface area contributed by atoms with Gasteiger partial charge in [0.25, 0.3) is 0 Å². The average Bonchev–Trinajstić information content (AvgIpc) is 2.67. The lowest BCUT2D eigenvalue weighted by atomic mass is 10.1. The second kappa shape index (κ2) is 5.80. The van der Waals surface area contributed by atoms with E-state index in [4.69, 9.17) is 0 Å². The zero-order chi connectivity index (χ0) is 12.3. The zero-order valence-electron chi connectivity index (χ0n) is 10.9. The normalized spacial score (nSPS) is 31.6. The number of nitrogens with one attached hydrogen (secondary N) is 2. The molecule has 2 atom stereocenters. The quantitative estimate of drug-likeness (QED) is 0.671. The summed E-state index contributed by atoms with van der Waals surface area (Å²) in [5.41, 5.74) is 0. The highest BCUT2D eigenvalue weighted by molar-refractivity contribution is 5.77. The first-order valence-electron chi connectivity index (χ1n) is 6.54. The Morgan fingerprint density at radius 2 is 2.24 bits per heavy atom. The average molecular weight is 240 g/mol. The molecule has 0 aromatic rings. The summed E-state index contributed by atoms with van der Waals surface area (Å²) < 4.78 is 0. The number of hydrogen-bond donors (Lipinski definition) is 2. The van der Waals surface area contributed by atoms with Gasteiger partial charge in [0.1, 0.15) is 0 Å². The van der Waals surface area contributed by atoms with Crippen molar-refractivity contribution in [3.05, 3.63) is 0 Å². The molecule has 0 saturated carbocycles. The summed E-state index contributed by atoms with van der Waals surface area (Å²) >= 11 is 0. The Kier molecular flexibility index (Phi) is 4.36. The van der Waals surface area contributed by atoms with Gasteiger partial charge in [-0.25, -0.2) is 0 Å². The molecule has 2 saturated heterocycles. The fourth-order valence-electron chi connectivity index (χ4n) is 2.64. The maximum Gasteiger partial charge on any atom is 0.221 e. The van der Waals surface area contributed by atoms with Gasteiger partial charge in [-0.1, -0.05) is 0 Å². The van der Waals surface area contributed by atoms with Crippen molar-refractivity contribution in [2.75, 3.05) is 46.8 Å². The molecule has 17 heavy (non-hydrogen) atoms. The molecule has 2 aliphatic heterocycles. The lowest BCUT2D eigenvalue weighted by molar-refractivity contribution is -0.123. The Balaban J connectivity index is 1.73. The standard InChI is InChI=1S/C12H24N4O/c1-15-5-3-10(9-15)14-12(17)7-11-8-13-4-6-16(11)2/h10-11,13H,3-9H2,1-2H3,(H,14,17). The summed E-state index contributed by atoms with van der Waals surface area (Å²) in [6.07, 6.45) is 1.70.